The topological polar surface area (TPSA) is 63.7 Å². The van der Waals surface area contributed by atoms with Gasteiger partial charge in [0, 0.05) is 19.8 Å². The van der Waals surface area contributed by atoms with Gasteiger partial charge in [-0.1, -0.05) is 0 Å². The molecule has 5 nitrogen and oxygen atoms in total. The minimum absolute atomic E-state index is 0.0449. The Morgan fingerprint density at radius 3 is 2.29 bits per heavy atom. The molecule has 84 valence electrons. The van der Waals surface area contributed by atoms with E-state index in [0.717, 1.165) is 6.26 Å². The fraction of sp³-hybridized carbons (Fsp3) is 0.875. The highest BCUT2D eigenvalue weighted by molar-refractivity contribution is 7.90. The van der Waals surface area contributed by atoms with E-state index in [0.29, 0.717) is 0 Å². The molecule has 0 bridgehead atoms. The van der Waals surface area contributed by atoms with Gasteiger partial charge >= 0.3 is 6.09 Å². The second-order valence-corrected chi connectivity index (χ2v) is 5.74. The van der Waals surface area contributed by atoms with Gasteiger partial charge in [0.15, 0.2) is 0 Å². The molecule has 0 aromatic heterocycles. The fourth-order valence-electron chi connectivity index (χ4n) is 0.686. The summed E-state index contributed by atoms with van der Waals surface area (Å²) in [7, 11) is -1.52. The van der Waals surface area contributed by atoms with E-state index in [1.165, 1.54) is 11.9 Å². The van der Waals surface area contributed by atoms with E-state index in [-0.39, 0.29) is 18.4 Å². The third kappa shape index (κ3) is 6.71. The SMILES string of the molecule is CC(C)OC(=O)N(C)CCS(C)(=O)=O. The van der Waals surface area contributed by atoms with Crippen molar-refractivity contribution in [1.82, 2.24) is 4.90 Å². The lowest BCUT2D eigenvalue weighted by Crippen LogP contribution is -2.33. The first-order valence-electron chi connectivity index (χ1n) is 4.32. The number of hydrogen-bond acceptors (Lipinski definition) is 4. The van der Waals surface area contributed by atoms with Gasteiger partial charge in [-0.25, -0.2) is 13.2 Å². The lowest BCUT2D eigenvalue weighted by Gasteiger charge is -2.17. The Bertz CT molecular complexity index is 284. The van der Waals surface area contributed by atoms with Crippen LogP contribution in [-0.4, -0.2) is 51.1 Å². The summed E-state index contributed by atoms with van der Waals surface area (Å²) in [5, 5.41) is 0. The first-order valence-corrected chi connectivity index (χ1v) is 6.38. The molecule has 0 fully saturated rings. The quantitative estimate of drug-likeness (QED) is 0.696. The zero-order chi connectivity index (χ0) is 11.4. The third-order valence-corrected chi connectivity index (χ3v) is 2.37. The number of rotatable bonds is 4. The van der Waals surface area contributed by atoms with Gasteiger partial charge in [0.1, 0.15) is 9.84 Å². The zero-order valence-electron chi connectivity index (χ0n) is 8.98. The van der Waals surface area contributed by atoms with Crippen molar-refractivity contribution in [2.75, 3.05) is 25.6 Å². The Hall–Kier alpha value is -0.780. The molecule has 0 aromatic rings. The zero-order valence-corrected chi connectivity index (χ0v) is 9.80. The van der Waals surface area contributed by atoms with Crippen molar-refractivity contribution in [1.29, 1.82) is 0 Å². The molecule has 0 saturated carbocycles. The van der Waals surface area contributed by atoms with Crippen molar-refractivity contribution in [3.63, 3.8) is 0 Å². The van der Waals surface area contributed by atoms with Crippen molar-refractivity contribution in [3.05, 3.63) is 0 Å². The number of ether oxygens (including phenoxy) is 1. The van der Waals surface area contributed by atoms with Crippen molar-refractivity contribution >= 4 is 15.9 Å². The van der Waals surface area contributed by atoms with E-state index in [4.69, 9.17) is 4.74 Å². The molecule has 6 heteroatoms. The lowest BCUT2D eigenvalue weighted by atomic mass is 10.5. The number of sulfone groups is 1. The van der Waals surface area contributed by atoms with E-state index in [9.17, 15) is 13.2 Å². The van der Waals surface area contributed by atoms with Crippen LogP contribution in [0.1, 0.15) is 13.8 Å². The molecule has 0 aliphatic heterocycles. The summed E-state index contributed by atoms with van der Waals surface area (Å²) in [4.78, 5) is 12.4. The Labute approximate surface area is 85.0 Å². The summed E-state index contributed by atoms with van der Waals surface area (Å²) in [6.45, 7) is 3.63. The molecule has 0 N–H and O–H groups in total. The fourth-order valence-corrected chi connectivity index (χ4v) is 1.29. The summed E-state index contributed by atoms with van der Waals surface area (Å²) in [6.07, 6.45) is 0.445. The minimum atomic E-state index is -3.03. The standard InChI is InChI=1S/C8H17NO4S/c1-7(2)13-8(10)9(3)5-6-14(4,11)12/h7H,5-6H2,1-4H3. The van der Waals surface area contributed by atoms with E-state index >= 15 is 0 Å². The maximum absolute atomic E-state index is 11.2. The van der Waals surface area contributed by atoms with E-state index < -0.39 is 15.9 Å². The Morgan fingerprint density at radius 2 is 1.93 bits per heavy atom. The van der Waals surface area contributed by atoms with Crippen LogP contribution in [-0.2, 0) is 14.6 Å². The highest BCUT2D eigenvalue weighted by atomic mass is 32.2. The molecule has 0 aliphatic rings. The number of nitrogens with zero attached hydrogens (tertiary/aromatic N) is 1. The predicted molar refractivity (Wildman–Crippen MR) is 54.0 cm³/mol. The van der Waals surface area contributed by atoms with Gasteiger partial charge in [-0.15, -0.1) is 0 Å². The average molecular weight is 223 g/mol. The van der Waals surface area contributed by atoms with Crippen LogP contribution in [0.15, 0.2) is 0 Å². The second-order valence-electron chi connectivity index (χ2n) is 3.48. The molecular formula is C8H17NO4S. The van der Waals surface area contributed by atoms with Crippen LogP contribution in [0.3, 0.4) is 0 Å². The highest BCUT2D eigenvalue weighted by Gasteiger charge is 2.13. The van der Waals surface area contributed by atoms with Gasteiger partial charge in [-0.05, 0) is 13.8 Å². The summed E-state index contributed by atoms with van der Waals surface area (Å²) in [5.74, 6) is -0.0449. The van der Waals surface area contributed by atoms with Crippen molar-refractivity contribution in [2.45, 2.75) is 20.0 Å². The molecule has 0 radical (unpaired) electrons. The third-order valence-electron chi connectivity index (χ3n) is 1.45. The smallest absolute Gasteiger partial charge is 0.409 e. The number of hydrogen-bond donors (Lipinski definition) is 0. The maximum atomic E-state index is 11.2. The molecule has 0 heterocycles. The summed E-state index contributed by atoms with van der Waals surface area (Å²) < 4.78 is 26.5. The molecule has 0 aliphatic carbocycles. The van der Waals surface area contributed by atoms with Crippen molar-refractivity contribution < 1.29 is 17.9 Å². The average Bonchev–Trinajstić information content (AvgIpc) is 1.97. The van der Waals surface area contributed by atoms with Gasteiger partial charge < -0.3 is 9.64 Å². The molecular weight excluding hydrogens is 206 g/mol. The van der Waals surface area contributed by atoms with E-state index in [1.807, 2.05) is 0 Å². The Balaban J connectivity index is 3.97. The molecule has 0 rings (SSSR count). The van der Waals surface area contributed by atoms with Gasteiger partial charge in [0.05, 0.1) is 11.9 Å². The second kappa shape index (κ2) is 5.19. The summed E-state index contributed by atoms with van der Waals surface area (Å²) in [5.41, 5.74) is 0. The van der Waals surface area contributed by atoms with E-state index in [1.54, 1.807) is 13.8 Å². The number of carbonyl (C=O) groups is 1. The highest BCUT2D eigenvalue weighted by Crippen LogP contribution is 1.96. The maximum Gasteiger partial charge on any atom is 0.409 e. The molecule has 1 amide bonds. The lowest BCUT2D eigenvalue weighted by molar-refractivity contribution is 0.0857. The summed E-state index contributed by atoms with van der Waals surface area (Å²) in [6, 6.07) is 0. The molecule has 14 heavy (non-hydrogen) atoms. The molecule has 0 unspecified atom stereocenters. The van der Waals surface area contributed by atoms with Crippen molar-refractivity contribution in [2.24, 2.45) is 0 Å². The van der Waals surface area contributed by atoms with Crippen LogP contribution < -0.4 is 0 Å². The largest absolute Gasteiger partial charge is 0.447 e. The first kappa shape index (κ1) is 13.2. The van der Waals surface area contributed by atoms with Gasteiger partial charge in [-0.2, -0.15) is 0 Å². The first-order chi connectivity index (χ1) is 6.22. The summed E-state index contributed by atoms with van der Waals surface area (Å²) >= 11 is 0. The number of carbonyl (C=O) groups excluding carboxylic acids is 1. The van der Waals surface area contributed by atoms with Crippen LogP contribution in [0.5, 0.6) is 0 Å². The molecule has 0 atom stereocenters. The van der Waals surface area contributed by atoms with Crippen molar-refractivity contribution in [3.8, 4) is 0 Å². The van der Waals surface area contributed by atoms with Crippen LogP contribution in [0, 0.1) is 0 Å². The Kier molecular flexibility index (Phi) is 4.90. The van der Waals surface area contributed by atoms with Crippen LogP contribution in [0.25, 0.3) is 0 Å². The molecule has 0 spiro atoms. The van der Waals surface area contributed by atoms with Crippen LogP contribution in [0.2, 0.25) is 0 Å². The number of amides is 1. The van der Waals surface area contributed by atoms with E-state index in [2.05, 4.69) is 0 Å². The van der Waals surface area contributed by atoms with Gasteiger partial charge in [-0.3, -0.25) is 0 Å². The normalized spacial score (nSPS) is 11.5. The Morgan fingerprint density at radius 1 is 1.43 bits per heavy atom. The predicted octanol–water partition coefficient (Wildman–Crippen LogP) is 0.508. The molecule has 0 aromatic carbocycles. The van der Waals surface area contributed by atoms with Crippen LogP contribution >= 0.6 is 0 Å². The van der Waals surface area contributed by atoms with Gasteiger partial charge in [0.2, 0.25) is 0 Å². The van der Waals surface area contributed by atoms with Gasteiger partial charge in [0.25, 0.3) is 0 Å². The molecule has 0 saturated heterocycles. The minimum Gasteiger partial charge on any atom is -0.447 e. The monoisotopic (exact) mass is 223 g/mol. The van der Waals surface area contributed by atoms with Crippen LogP contribution in [0.4, 0.5) is 4.79 Å².